The monoisotopic (exact) mass is 543 g/mol. The lowest BCUT2D eigenvalue weighted by atomic mass is 10.0. The lowest BCUT2D eigenvalue weighted by Crippen LogP contribution is -2.51. The average molecular weight is 544 g/mol. The van der Waals surface area contributed by atoms with Gasteiger partial charge in [0.05, 0.1) is 0 Å². The SMILES string of the molecule is CCN(CC(Cc1ccc(O)cc1)NC(=O)OC(C)(C)C)C[C@@H](Cc1ccc(O)cc1)NC(=O)OC(C)(C)C. The number of ether oxygens (including phenoxy) is 2. The maximum atomic E-state index is 12.7. The minimum atomic E-state index is -0.635. The first-order valence-corrected chi connectivity index (χ1v) is 13.4. The molecule has 0 aliphatic carbocycles. The van der Waals surface area contributed by atoms with Gasteiger partial charge in [0.1, 0.15) is 22.7 Å². The Hall–Kier alpha value is -3.46. The van der Waals surface area contributed by atoms with E-state index < -0.39 is 23.4 Å². The number of alkyl carbamates (subject to hydrolysis) is 2. The summed E-state index contributed by atoms with van der Waals surface area (Å²) >= 11 is 0. The minimum Gasteiger partial charge on any atom is -0.508 e. The van der Waals surface area contributed by atoms with Gasteiger partial charge in [-0.2, -0.15) is 0 Å². The van der Waals surface area contributed by atoms with Crippen molar-refractivity contribution in [3.8, 4) is 11.5 Å². The van der Waals surface area contributed by atoms with E-state index in [0.29, 0.717) is 32.5 Å². The van der Waals surface area contributed by atoms with Crippen LogP contribution in [0, 0.1) is 0 Å². The van der Waals surface area contributed by atoms with E-state index in [1.54, 1.807) is 24.3 Å². The highest BCUT2D eigenvalue weighted by Crippen LogP contribution is 2.16. The Morgan fingerprint density at radius 3 is 1.33 bits per heavy atom. The average Bonchev–Trinajstić information content (AvgIpc) is 2.79. The topological polar surface area (TPSA) is 120 Å². The number of aromatic hydroxyl groups is 2. The molecule has 4 N–H and O–H groups in total. The summed E-state index contributed by atoms with van der Waals surface area (Å²) in [6, 6.07) is 13.2. The van der Waals surface area contributed by atoms with Crippen LogP contribution in [0.5, 0.6) is 11.5 Å². The summed E-state index contributed by atoms with van der Waals surface area (Å²) in [4.78, 5) is 27.5. The van der Waals surface area contributed by atoms with Gasteiger partial charge in [-0.25, -0.2) is 9.59 Å². The fraction of sp³-hybridized carbons (Fsp3) is 0.533. The van der Waals surface area contributed by atoms with Gasteiger partial charge >= 0.3 is 12.2 Å². The Labute approximate surface area is 232 Å². The Morgan fingerprint density at radius 1 is 0.718 bits per heavy atom. The summed E-state index contributed by atoms with van der Waals surface area (Å²) in [6.45, 7) is 14.6. The number of carbonyl (C=O) groups excluding carboxylic acids is 2. The molecule has 0 aliphatic heterocycles. The van der Waals surface area contributed by atoms with Crippen LogP contribution in [0.1, 0.15) is 59.6 Å². The van der Waals surface area contributed by atoms with E-state index in [2.05, 4.69) is 15.5 Å². The van der Waals surface area contributed by atoms with Gasteiger partial charge in [0.15, 0.2) is 0 Å². The molecule has 9 nitrogen and oxygen atoms in total. The molecule has 2 aromatic carbocycles. The Bertz CT molecular complexity index is 959. The van der Waals surface area contributed by atoms with E-state index in [-0.39, 0.29) is 23.6 Å². The van der Waals surface area contributed by atoms with E-state index in [9.17, 15) is 19.8 Å². The molecule has 0 aliphatic rings. The summed E-state index contributed by atoms with van der Waals surface area (Å²) in [5.74, 6) is 0.353. The van der Waals surface area contributed by atoms with Crippen molar-refractivity contribution in [1.82, 2.24) is 15.5 Å². The molecular weight excluding hydrogens is 498 g/mol. The van der Waals surface area contributed by atoms with Gasteiger partial charge in [-0.3, -0.25) is 4.90 Å². The van der Waals surface area contributed by atoms with Crippen LogP contribution in [0.25, 0.3) is 0 Å². The van der Waals surface area contributed by atoms with Crippen LogP contribution in [0.4, 0.5) is 9.59 Å². The van der Waals surface area contributed by atoms with Gasteiger partial charge < -0.3 is 30.3 Å². The highest BCUT2D eigenvalue weighted by atomic mass is 16.6. The Balaban J connectivity index is 2.21. The van der Waals surface area contributed by atoms with E-state index in [1.165, 1.54) is 0 Å². The summed E-state index contributed by atoms with van der Waals surface area (Å²) in [6.07, 6.45) is 0.0423. The van der Waals surface area contributed by atoms with Crippen molar-refractivity contribution in [1.29, 1.82) is 0 Å². The summed E-state index contributed by atoms with van der Waals surface area (Å²) < 4.78 is 11.0. The van der Waals surface area contributed by atoms with Gasteiger partial charge in [-0.1, -0.05) is 31.2 Å². The normalized spacial score (nSPS) is 13.4. The van der Waals surface area contributed by atoms with Crippen molar-refractivity contribution < 1.29 is 29.3 Å². The van der Waals surface area contributed by atoms with Crippen LogP contribution >= 0.6 is 0 Å². The number of nitrogens with one attached hydrogen (secondary N) is 2. The van der Waals surface area contributed by atoms with Crippen molar-refractivity contribution in [2.75, 3.05) is 19.6 Å². The van der Waals surface area contributed by atoms with Crippen LogP contribution in [0.15, 0.2) is 48.5 Å². The lowest BCUT2D eigenvalue weighted by molar-refractivity contribution is 0.0483. The molecule has 0 radical (unpaired) electrons. The quantitative estimate of drug-likeness (QED) is 0.315. The van der Waals surface area contributed by atoms with Crippen molar-refractivity contribution in [3.63, 3.8) is 0 Å². The molecule has 2 amide bonds. The fourth-order valence-electron chi connectivity index (χ4n) is 4.06. The van der Waals surface area contributed by atoms with E-state index in [4.69, 9.17) is 9.47 Å². The number of benzene rings is 2. The Kier molecular flexibility index (Phi) is 11.5. The third-order valence-electron chi connectivity index (χ3n) is 5.68. The van der Waals surface area contributed by atoms with Crippen LogP contribution in [0.3, 0.4) is 0 Å². The van der Waals surface area contributed by atoms with Crippen molar-refractivity contribution >= 4 is 12.2 Å². The molecule has 39 heavy (non-hydrogen) atoms. The molecule has 0 aromatic heterocycles. The maximum absolute atomic E-state index is 12.7. The summed E-state index contributed by atoms with van der Waals surface area (Å²) in [5.41, 5.74) is 0.642. The van der Waals surface area contributed by atoms with Crippen LogP contribution in [-0.4, -0.2) is 70.2 Å². The number of nitrogens with zero attached hydrogens (tertiary/aromatic N) is 1. The number of hydrogen-bond donors (Lipinski definition) is 4. The molecule has 216 valence electrons. The van der Waals surface area contributed by atoms with Gasteiger partial charge in [0.25, 0.3) is 0 Å². The number of amides is 2. The van der Waals surface area contributed by atoms with E-state index in [1.807, 2.05) is 72.7 Å². The number of phenolic OH excluding ortho intramolecular Hbond substituents is 2. The third kappa shape index (κ3) is 13.2. The largest absolute Gasteiger partial charge is 0.508 e. The zero-order chi connectivity index (χ0) is 29.2. The molecule has 0 saturated heterocycles. The van der Waals surface area contributed by atoms with Gasteiger partial charge in [-0.15, -0.1) is 0 Å². The van der Waals surface area contributed by atoms with E-state index >= 15 is 0 Å². The zero-order valence-electron chi connectivity index (χ0n) is 24.3. The first kappa shape index (κ1) is 31.8. The molecule has 0 bridgehead atoms. The second-order valence-electron chi connectivity index (χ2n) is 11.8. The zero-order valence-corrected chi connectivity index (χ0v) is 24.3. The number of likely N-dealkylation sites (N-methyl/N-ethyl adjacent to an activating group) is 1. The predicted molar refractivity (Wildman–Crippen MR) is 152 cm³/mol. The molecule has 0 saturated carbocycles. The molecule has 2 rings (SSSR count). The fourth-order valence-corrected chi connectivity index (χ4v) is 4.06. The predicted octanol–water partition coefficient (Wildman–Crippen LogP) is 4.99. The Morgan fingerprint density at radius 2 is 1.05 bits per heavy atom. The molecule has 0 spiro atoms. The van der Waals surface area contributed by atoms with Crippen LogP contribution < -0.4 is 10.6 Å². The maximum Gasteiger partial charge on any atom is 0.407 e. The van der Waals surface area contributed by atoms with Crippen molar-refractivity contribution in [3.05, 3.63) is 59.7 Å². The first-order valence-electron chi connectivity index (χ1n) is 13.4. The number of carbonyl (C=O) groups is 2. The summed E-state index contributed by atoms with van der Waals surface area (Å²) in [5, 5.41) is 25.3. The molecule has 1 unspecified atom stereocenters. The molecule has 2 atom stereocenters. The van der Waals surface area contributed by atoms with Crippen LogP contribution in [0.2, 0.25) is 0 Å². The summed E-state index contributed by atoms with van der Waals surface area (Å²) in [7, 11) is 0. The lowest BCUT2D eigenvalue weighted by Gasteiger charge is -2.32. The van der Waals surface area contributed by atoms with Gasteiger partial charge in [-0.05, 0) is 96.3 Å². The molecule has 0 fully saturated rings. The first-order chi connectivity index (χ1) is 18.1. The number of rotatable bonds is 11. The minimum absolute atomic E-state index is 0.177. The molecular formula is C30H45N3O6. The standard InChI is InChI=1S/C30H45N3O6/c1-8-33(19-23(31-27(36)38-29(2,3)4)17-21-9-13-25(34)14-10-21)20-24(32-28(37)39-30(5,6)7)18-22-11-15-26(35)16-12-22/h9-16,23-24,34-35H,8,17-20H2,1-7H3,(H,31,36)(H,32,37)/t23-,24?/m1/s1. The third-order valence-corrected chi connectivity index (χ3v) is 5.68. The smallest absolute Gasteiger partial charge is 0.407 e. The molecule has 2 aromatic rings. The van der Waals surface area contributed by atoms with Crippen molar-refractivity contribution in [2.45, 2.75) is 84.6 Å². The van der Waals surface area contributed by atoms with Gasteiger partial charge in [0, 0.05) is 25.2 Å². The van der Waals surface area contributed by atoms with Crippen LogP contribution in [-0.2, 0) is 22.3 Å². The molecule has 9 heteroatoms. The second kappa shape index (κ2) is 14.1. The van der Waals surface area contributed by atoms with Gasteiger partial charge in [0.2, 0.25) is 0 Å². The highest BCUT2D eigenvalue weighted by molar-refractivity contribution is 5.68. The number of phenols is 2. The molecule has 0 heterocycles. The van der Waals surface area contributed by atoms with Crippen molar-refractivity contribution in [2.24, 2.45) is 0 Å². The second-order valence-corrected chi connectivity index (χ2v) is 11.8. The number of hydrogen-bond acceptors (Lipinski definition) is 7. The highest BCUT2D eigenvalue weighted by Gasteiger charge is 2.25. The van der Waals surface area contributed by atoms with E-state index in [0.717, 1.165) is 11.1 Å².